The molecule has 0 spiro atoms. The molecule has 0 saturated carbocycles. The van der Waals surface area contributed by atoms with E-state index in [0.29, 0.717) is 11.3 Å². The second kappa shape index (κ2) is 7.52. The molecule has 1 atom stereocenters. The van der Waals surface area contributed by atoms with Gasteiger partial charge in [0.15, 0.2) is 11.4 Å². The molecule has 7 nitrogen and oxygen atoms in total. The van der Waals surface area contributed by atoms with Gasteiger partial charge >= 0.3 is 0 Å². The van der Waals surface area contributed by atoms with Crippen LogP contribution in [0.15, 0.2) is 66.9 Å². The van der Waals surface area contributed by atoms with Crippen LogP contribution >= 0.6 is 0 Å². The predicted molar refractivity (Wildman–Crippen MR) is 96.0 cm³/mol. The summed E-state index contributed by atoms with van der Waals surface area (Å²) in [6.45, 7) is 0. The number of carbonyl (C=O) groups is 2. The second-order valence-corrected chi connectivity index (χ2v) is 5.55. The number of ether oxygens (including phenoxy) is 1. The molecule has 0 saturated heterocycles. The van der Waals surface area contributed by atoms with Crippen LogP contribution in [0.25, 0.3) is 5.69 Å². The maximum atomic E-state index is 12.7. The first-order chi connectivity index (χ1) is 12.6. The third-order valence-corrected chi connectivity index (χ3v) is 3.83. The van der Waals surface area contributed by atoms with Gasteiger partial charge in [0.05, 0.1) is 19.0 Å². The van der Waals surface area contributed by atoms with E-state index < -0.39 is 17.9 Å². The molecular formula is C19H18N4O3. The Morgan fingerprint density at radius 1 is 1.08 bits per heavy atom. The van der Waals surface area contributed by atoms with Crippen molar-refractivity contribution in [3.8, 4) is 11.4 Å². The number of nitrogens with zero attached hydrogens (tertiary/aromatic N) is 2. The van der Waals surface area contributed by atoms with Crippen LogP contribution in [0.5, 0.6) is 5.75 Å². The Hall–Kier alpha value is -3.61. The summed E-state index contributed by atoms with van der Waals surface area (Å²) in [4.78, 5) is 24.5. The molecule has 0 aliphatic heterocycles. The van der Waals surface area contributed by atoms with E-state index in [4.69, 9.17) is 10.5 Å². The van der Waals surface area contributed by atoms with Crippen LogP contribution in [0.1, 0.15) is 22.1 Å². The van der Waals surface area contributed by atoms with Crippen molar-refractivity contribution in [3.63, 3.8) is 0 Å². The quantitative estimate of drug-likeness (QED) is 0.708. The summed E-state index contributed by atoms with van der Waals surface area (Å²) in [5.41, 5.74) is 6.89. The fourth-order valence-corrected chi connectivity index (χ4v) is 2.54. The monoisotopic (exact) mass is 350 g/mol. The number of rotatable bonds is 6. The van der Waals surface area contributed by atoms with Gasteiger partial charge in [0.1, 0.15) is 6.04 Å². The van der Waals surface area contributed by atoms with Crippen molar-refractivity contribution in [1.82, 2.24) is 15.1 Å². The van der Waals surface area contributed by atoms with Gasteiger partial charge in [-0.25, -0.2) is 4.68 Å². The Bertz CT molecular complexity index is 907. The van der Waals surface area contributed by atoms with Crippen LogP contribution in [-0.2, 0) is 4.79 Å². The molecule has 2 aromatic carbocycles. The van der Waals surface area contributed by atoms with E-state index in [1.165, 1.54) is 11.8 Å². The largest absolute Gasteiger partial charge is 0.493 e. The molecule has 3 N–H and O–H groups in total. The second-order valence-electron chi connectivity index (χ2n) is 5.55. The van der Waals surface area contributed by atoms with Crippen LogP contribution in [-0.4, -0.2) is 28.7 Å². The number of nitrogens with two attached hydrogens (primary N) is 1. The fourth-order valence-electron chi connectivity index (χ4n) is 2.54. The van der Waals surface area contributed by atoms with Gasteiger partial charge in [-0.2, -0.15) is 5.10 Å². The van der Waals surface area contributed by atoms with E-state index in [9.17, 15) is 9.59 Å². The predicted octanol–water partition coefficient (Wildman–Crippen LogP) is 1.84. The highest BCUT2D eigenvalue weighted by atomic mass is 16.5. The third-order valence-electron chi connectivity index (χ3n) is 3.83. The van der Waals surface area contributed by atoms with Gasteiger partial charge < -0.3 is 15.8 Å². The molecule has 132 valence electrons. The molecule has 26 heavy (non-hydrogen) atoms. The Morgan fingerprint density at radius 3 is 2.27 bits per heavy atom. The standard InChI is InChI=1S/C19H18N4O3/c1-26-15-12-23(14-10-6-3-7-11-14)22-17(15)19(25)21-16(18(20)24)13-8-4-2-5-9-13/h2-12,16H,1H3,(H2,20,24)(H,21,25). The number of aromatic nitrogens is 2. The number of carbonyl (C=O) groups excluding carboxylic acids is 2. The highest BCUT2D eigenvalue weighted by Gasteiger charge is 2.25. The SMILES string of the molecule is COc1cn(-c2ccccc2)nc1C(=O)NC(C(N)=O)c1ccccc1. The minimum Gasteiger partial charge on any atom is -0.493 e. The van der Waals surface area contributed by atoms with Crippen LogP contribution in [0.2, 0.25) is 0 Å². The molecule has 3 aromatic rings. The van der Waals surface area contributed by atoms with E-state index in [1.807, 2.05) is 36.4 Å². The molecule has 0 aliphatic rings. The van der Waals surface area contributed by atoms with Gasteiger partial charge in [-0.15, -0.1) is 0 Å². The molecular weight excluding hydrogens is 332 g/mol. The molecule has 0 bridgehead atoms. The van der Waals surface area contributed by atoms with Crippen LogP contribution < -0.4 is 15.8 Å². The fraction of sp³-hybridized carbons (Fsp3) is 0.105. The van der Waals surface area contributed by atoms with Gasteiger partial charge in [0.2, 0.25) is 5.91 Å². The van der Waals surface area contributed by atoms with E-state index in [2.05, 4.69) is 10.4 Å². The van der Waals surface area contributed by atoms with Crippen molar-refractivity contribution in [3.05, 3.63) is 78.1 Å². The zero-order chi connectivity index (χ0) is 18.5. The first-order valence-corrected chi connectivity index (χ1v) is 7.94. The zero-order valence-electron chi connectivity index (χ0n) is 14.1. The van der Waals surface area contributed by atoms with Crippen LogP contribution in [0.4, 0.5) is 0 Å². The summed E-state index contributed by atoms with van der Waals surface area (Å²) in [7, 11) is 1.45. The van der Waals surface area contributed by atoms with E-state index >= 15 is 0 Å². The number of hydrogen-bond acceptors (Lipinski definition) is 4. The van der Waals surface area contributed by atoms with Gasteiger partial charge in [-0.1, -0.05) is 48.5 Å². The number of amides is 2. The summed E-state index contributed by atoms with van der Waals surface area (Å²) < 4.78 is 6.79. The average Bonchev–Trinajstić information content (AvgIpc) is 3.11. The first kappa shape index (κ1) is 17.2. The molecule has 1 heterocycles. The van der Waals surface area contributed by atoms with Crippen molar-refractivity contribution in [2.75, 3.05) is 7.11 Å². The van der Waals surface area contributed by atoms with Crippen LogP contribution in [0, 0.1) is 0 Å². The number of primary amides is 1. The number of benzene rings is 2. The summed E-state index contributed by atoms with van der Waals surface area (Å²) >= 11 is 0. The zero-order valence-corrected chi connectivity index (χ0v) is 14.1. The van der Waals surface area contributed by atoms with Gasteiger partial charge in [-0.3, -0.25) is 9.59 Å². The van der Waals surface area contributed by atoms with E-state index in [-0.39, 0.29) is 5.69 Å². The Labute approximate surface area is 150 Å². The van der Waals surface area contributed by atoms with Crippen molar-refractivity contribution in [2.24, 2.45) is 5.73 Å². The van der Waals surface area contributed by atoms with Gasteiger partial charge in [-0.05, 0) is 17.7 Å². The minimum absolute atomic E-state index is 0.0681. The van der Waals surface area contributed by atoms with Crippen LogP contribution in [0.3, 0.4) is 0 Å². The number of methoxy groups -OCH3 is 1. The lowest BCUT2D eigenvalue weighted by Crippen LogP contribution is -2.37. The molecule has 0 radical (unpaired) electrons. The number of hydrogen-bond donors (Lipinski definition) is 2. The maximum absolute atomic E-state index is 12.7. The topological polar surface area (TPSA) is 99.2 Å². The van der Waals surface area contributed by atoms with Crippen molar-refractivity contribution in [1.29, 1.82) is 0 Å². The van der Waals surface area contributed by atoms with E-state index in [0.717, 1.165) is 5.69 Å². The number of nitrogens with one attached hydrogen (secondary N) is 1. The van der Waals surface area contributed by atoms with Gasteiger partial charge in [0, 0.05) is 0 Å². The molecule has 3 rings (SSSR count). The van der Waals surface area contributed by atoms with E-state index in [1.54, 1.807) is 30.5 Å². The maximum Gasteiger partial charge on any atom is 0.276 e. The molecule has 1 aromatic heterocycles. The lowest BCUT2D eigenvalue weighted by atomic mass is 10.1. The van der Waals surface area contributed by atoms with Crippen molar-refractivity contribution < 1.29 is 14.3 Å². The summed E-state index contributed by atoms with van der Waals surface area (Å²) in [5, 5.41) is 6.90. The molecule has 0 fully saturated rings. The normalized spacial score (nSPS) is 11.6. The first-order valence-electron chi connectivity index (χ1n) is 7.94. The summed E-state index contributed by atoms with van der Waals surface area (Å²) in [5.74, 6) is -0.919. The highest BCUT2D eigenvalue weighted by molar-refractivity contribution is 5.98. The smallest absolute Gasteiger partial charge is 0.276 e. The van der Waals surface area contributed by atoms with Gasteiger partial charge in [0.25, 0.3) is 5.91 Å². The summed E-state index contributed by atoms with van der Waals surface area (Å²) in [6.07, 6.45) is 1.60. The van der Waals surface area contributed by atoms with Crippen molar-refractivity contribution in [2.45, 2.75) is 6.04 Å². The Morgan fingerprint density at radius 2 is 1.69 bits per heavy atom. The minimum atomic E-state index is -0.963. The molecule has 2 amide bonds. The molecule has 7 heteroatoms. The Balaban J connectivity index is 1.89. The number of para-hydroxylation sites is 1. The highest BCUT2D eigenvalue weighted by Crippen LogP contribution is 2.21. The summed E-state index contributed by atoms with van der Waals surface area (Å²) in [6, 6.07) is 17.1. The van der Waals surface area contributed by atoms with Crippen molar-refractivity contribution >= 4 is 11.8 Å². The Kier molecular flexibility index (Phi) is 4.98. The lowest BCUT2D eigenvalue weighted by molar-refractivity contribution is -0.120. The average molecular weight is 350 g/mol. The third kappa shape index (κ3) is 3.56. The molecule has 0 aliphatic carbocycles. The lowest BCUT2D eigenvalue weighted by Gasteiger charge is -2.15. The molecule has 1 unspecified atom stereocenters.